The van der Waals surface area contributed by atoms with Gasteiger partial charge in [0.1, 0.15) is 0 Å². The number of aryl methyl sites for hydroxylation is 1. The first-order valence-corrected chi connectivity index (χ1v) is 9.98. The van der Waals surface area contributed by atoms with Gasteiger partial charge in [0.2, 0.25) is 0 Å². The summed E-state index contributed by atoms with van der Waals surface area (Å²) in [5.41, 5.74) is 4.73. The molecule has 27 heavy (non-hydrogen) atoms. The van der Waals surface area contributed by atoms with Crippen LogP contribution in [0.3, 0.4) is 0 Å². The number of hydrogen-bond donors (Lipinski definition) is 1. The molecule has 1 fully saturated rings. The van der Waals surface area contributed by atoms with Gasteiger partial charge in [-0.05, 0) is 43.7 Å². The molecule has 146 valence electrons. The molecule has 1 unspecified atom stereocenters. The van der Waals surface area contributed by atoms with E-state index >= 15 is 0 Å². The van der Waals surface area contributed by atoms with Gasteiger partial charge in [-0.15, -0.1) is 0 Å². The Morgan fingerprint density at radius 3 is 2.48 bits per heavy atom. The summed E-state index contributed by atoms with van der Waals surface area (Å²) in [6.45, 7) is 11.8. The van der Waals surface area contributed by atoms with E-state index in [2.05, 4.69) is 64.2 Å². The van der Waals surface area contributed by atoms with Crippen LogP contribution in [-0.4, -0.2) is 34.9 Å². The number of benzene rings is 1. The molecule has 5 heteroatoms. The van der Waals surface area contributed by atoms with Crippen LogP contribution < -0.4 is 5.32 Å². The standard InChI is InChI=1S/C22H31N3O2/c1-14(2)20-19(22(26)23-13-18-7-6-12-27-18)21(15(3)4)25(24-20)17-10-8-16(5)9-11-17/h8-11,14-15,18H,6-7,12-13H2,1-5H3,(H,23,26). The maximum Gasteiger partial charge on any atom is 0.255 e. The molecule has 3 rings (SSSR count). The quantitative estimate of drug-likeness (QED) is 0.824. The van der Waals surface area contributed by atoms with Crippen LogP contribution in [0.1, 0.15) is 79.7 Å². The minimum absolute atomic E-state index is 0.0451. The van der Waals surface area contributed by atoms with Crippen LogP contribution in [0.15, 0.2) is 24.3 Å². The van der Waals surface area contributed by atoms with Gasteiger partial charge in [-0.25, -0.2) is 4.68 Å². The van der Waals surface area contributed by atoms with Crippen molar-refractivity contribution in [3.63, 3.8) is 0 Å². The Bertz CT molecular complexity index is 785. The normalized spacial score (nSPS) is 17.1. The monoisotopic (exact) mass is 369 g/mol. The van der Waals surface area contributed by atoms with E-state index in [0.717, 1.165) is 42.1 Å². The molecule has 1 aromatic carbocycles. The Balaban J connectivity index is 1.99. The molecule has 5 nitrogen and oxygen atoms in total. The third-order valence-electron chi connectivity index (χ3n) is 5.06. The molecule has 1 aromatic heterocycles. The number of nitrogens with zero attached hydrogens (tertiary/aromatic N) is 2. The van der Waals surface area contributed by atoms with E-state index in [4.69, 9.17) is 9.84 Å². The van der Waals surface area contributed by atoms with Crippen LogP contribution >= 0.6 is 0 Å². The maximum atomic E-state index is 13.1. The lowest BCUT2D eigenvalue weighted by atomic mass is 9.98. The number of aromatic nitrogens is 2. The molecule has 1 aliphatic rings. The molecule has 2 aromatic rings. The van der Waals surface area contributed by atoms with Gasteiger partial charge in [-0.3, -0.25) is 4.79 Å². The summed E-state index contributed by atoms with van der Waals surface area (Å²) >= 11 is 0. The van der Waals surface area contributed by atoms with E-state index in [-0.39, 0.29) is 23.8 Å². The zero-order chi connectivity index (χ0) is 19.6. The van der Waals surface area contributed by atoms with Gasteiger partial charge < -0.3 is 10.1 Å². The number of hydrogen-bond acceptors (Lipinski definition) is 3. The number of rotatable bonds is 6. The Labute approximate surface area is 162 Å². The van der Waals surface area contributed by atoms with E-state index in [0.29, 0.717) is 6.54 Å². The first-order chi connectivity index (χ1) is 12.9. The molecule has 1 amide bonds. The molecule has 0 aliphatic carbocycles. The largest absolute Gasteiger partial charge is 0.376 e. The van der Waals surface area contributed by atoms with Crippen molar-refractivity contribution in [2.24, 2.45) is 0 Å². The van der Waals surface area contributed by atoms with Gasteiger partial charge in [-0.1, -0.05) is 45.4 Å². The van der Waals surface area contributed by atoms with Crippen LogP contribution in [0, 0.1) is 6.92 Å². The zero-order valence-corrected chi connectivity index (χ0v) is 17.1. The summed E-state index contributed by atoms with van der Waals surface area (Å²) in [7, 11) is 0. The molecule has 1 aliphatic heterocycles. The number of carbonyl (C=O) groups excluding carboxylic acids is 1. The molecule has 2 heterocycles. The van der Waals surface area contributed by atoms with Crippen molar-refractivity contribution >= 4 is 5.91 Å². The summed E-state index contributed by atoms with van der Waals surface area (Å²) in [5, 5.41) is 7.94. The van der Waals surface area contributed by atoms with Gasteiger partial charge in [0.05, 0.1) is 28.7 Å². The molecule has 0 bridgehead atoms. The number of amides is 1. The lowest BCUT2D eigenvalue weighted by Gasteiger charge is -2.15. The van der Waals surface area contributed by atoms with Gasteiger partial charge >= 0.3 is 0 Å². The number of carbonyl (C=O) groups is 1. The molecule has 1 saturated heterocycles. The van der Waals surface area contributed by atoms with Crippen LogP contribution in [-0.2, 0) is 4.74 Å². The summed E-state index contributed by atoms with van der Waals surface area (Å²) in [6, 6.07) is 8.28. The average Bonchev–Trinajstić information content (AvgIpc) is 3.28. The zero-order valence-electron chi connectivity index (χ0n) is 17.1. The molecule has 1 atom stereocenters. The predicted molar refractivity (Wildman–Crippen MR) is 108 cm³/mol. The first-order valence-electron chi connectivity index (χ1n) is 9.98. The van der Waals surface area contributed by atoms with Gasteiger partial charge in [0.15, 0.2) is 0 Å². The predicted octanol–water partition coefficient (Wildman–Crippen LogP) is 4.34. The van der Waals surface area contributed by atoms with Gasteiger partial charge in [-0.2, -0.15) is 5.10 Å². The molecule has 0 radical (unpaired) electrons. The van der Waals surface area contributed by atoms with Crippen molar-refractivity contribution in [2.45, 2.75) is 65.4 Å². The lowest BCUT2D eigenvalue weighted by Crippen LogP contribution is -2.33. The third-order valence-corrected chi connectivity index (χ3v) is 5.06. The smallest absolute Gasteiger partial charge is 0.255 e. The molecule has 0 spiro atoms. The average molecular weight is 370 g/mol. The Morgan fingerprint density at radius 1 is 1.22 bits per heavy atom. The van der Waals surface area contributed by atoms with E-state index in [1.54, 1.807) is 0 Å². The summed E-state index contributed by atoms with van der Waals surface area (Å²) in [6.07, 6.45) is 2.21. The number of ether oxygens (including phenoxy) is 1. The summed E-state index contributed by atoms with van der Waals surface area (Å²) in [4.78, 5) is 13.1. The van der Waals surface area contributed by atoms with E-state index in [1.807, 2.05) is 4.68 Å². The van der Waals surface area contributed by atoms with Crippen molar-refractivity contribution in [1.82, 2.24) is 15.1 Å². The van der Waals surface area contributed by atoms with Gasteiger partial charge in [0.25, 0.3) is 5.91 Å². The molecular formula is C22H31N3O2. The highest BCUT2D eigenvalue weighted by molar-refractivity contribution is 5.97. The minimum atomic E-state index is -0.0451. The molecule has 1 N–H and O–H groups in total. The molecule has 0 saturated carbocycles. The maximum absolute atomic E-state index is 13.1. The van der Waals surface area contributed by atoms with Crippen LogP contribution in [0.25, 0.3) is 5.69 Å². The summed E-state index contributed by atoms with van der Waals surface area (Å²) < 4.78 is 7.59. The number of nitrogens with one attached hydrogen (secondary N) is 1. The second kappa shape index (κ2) is 8.26. The van der Waals surface area contributed by atoms with Crippen LogP contribution in [0.4, 0.5) is 0 Å². The minimum Gasteiger partial charge on any atom is -0.376 e. The van der Waals surface area contributed by atoms with Crippen molar-refractivity contribution < 1.29 is 9.53 Å². The molecular weight excluding hydrogens is 338 g/mol. The van der Waals surface area contributed by atoms with Crippen LogP contribution in [0.5, 0.6) is 0 Å². The SMILES string of the molecule is Cc1ccc(-n2nc(C(C)C)c(C(=O)NCC3CCCO3)c2C(C)C)cc1. The Kier molecular flexibility index (Phi) is 6.00. The van der Waals surface area contributed by atoms with Crippen molar-refractivity contribution in [2.75, 3.05) is 13.2 Å². The fraction of sp³-hybridized carbons (Fsp3) is 0.545. The van der Waals surface area contributed by atoms with E-state index in [1.165, 1.54) is 5.56 Å². The second-order valence-corrected chi connectivity index (χ2v) is 8.05. The topological polar surface area (TPSA) is 56.2 Å². The fourth-order valence-corrected chi connectivity index (χ4v) is 3.60. The fourth-order valence-electron chi connectivity index (χ4n) is 3.60. The highest BCUT2D eigenvalue weighted by atomic mass is 16.5. The second-order valence-electron chi connectivity index (χ2n) is 8.05. The third kappa shape index (κ3) is 4.24. The highest BCUT2D eigenvalue weighted by Gasteiger charge is 2.28. The van der Waals surface area contributed by atoms with Crippen molar-refractivity contribution in [1.29, 1.82) is 0 Å². The van der Waals surface area contributed by atoms with E-state index < -0.39 is 0 Å². The summed E-state index contributed by atoms with van der Waals surface area (Å²) in [5.74, 6) is 0.295. The van der Waals surface area contributed by atoms with E-state index in [9.17, 15) is 4.79 Å². The van der Waals surface area contributed by atoms with Crippen molar-refractivity contribution in [3.8, 4) is 5.69 Å². The van der Waals surface area contributed by atoms with Gasteiger partial charge in [0, 0.05) is 13.2 Å². The highest BCUT2D eigenvalue weighted by Crippen LogP contribution is 2.30. The van der Waals surface area contributed by atoms with Crippen LogP contribution in [0.2, 0.25) is 0 Å². The Hall–Kier alpha value is -2.14. The lowest BCUT2D eigenvalue weighted by molar-refractivity contribution is 0.0855. The van der Waals surface area contributed by atoms with Crippen molar-refractivity contribution in [3.05, 3.63) is 46.8 Å². The Morgan fingerprint density at radius 2 is 1.93 bits per heavy atom. The first kappa shape index (κ1) is 19.6.